The van der Waals surface area contributed by atoms with Crippen LogP contribution in [0, 0.1) is 6.92 Å². The lowest BCUT2D eigenvalue weighted by molar-refractivity contribution is 0.253. The third-order valence-corrected chi connectivity index (χ3v) is 4.14. The summed E-state index contributed by atoms with van der Waals surface area (Å²) in [6.07, 6.45) is 1.63. The molecule has 3 N–H and O–H groups in total. The van der Waals surface area contributed by atoms with Gasteiger partial charge < -0.3 is 5.11 Å². The second-order valence-electron chi connectivity index (χ2n) is 4.48. The van der Waals surface area contributed by atoms with Gasteiger partial charge in [0, 0.05) is 5.41 Å². The van der Waals surface area contributed by atoms with Crippen LogP contribution >= 0.6 is 0 Å². The smallest absolute Gasteiger partial charge is 0.238 e. The Balaban J connectivity index is 2.63. The molecule has 0 heterocycles. The van der Waals surface area contributed by atoms with Gasteiger partial charge in [-0.15, -0.1) is 0 Å². The Hall–Kier alpha value is -0.910. The van der Waals surface area contributed by atoms with Gasteiger partial charge in [0.1, 0.15) is 0 Å². The number of aliphatic hydroxyl groups is 1. The minimum atomic E-state index is -3.71. The molecule has 1 saturated carbocycles. The van der Waals surface area contributed by atoms with Crippen LogP contribution in [-0.2, 0) is 15.4 Å². The highest BCUT2D eigenvalue weighted by Crippen LogP contribution is 2.49. The van der Waals surface area contributed by atoms with Crippen molar-refractivity contribution in [2.45, 2.75) is 30.1 Å². The van der Waals surface area contributed by atoms with Gasteiger partial charge in [-0.3, -0.25) is 0 Å². The van der Waals surface area contributed by atoms with Gasteiger partial charge in [-0.25, -0.2) is 13.6 Å². The lowest BCUT2D eigenvalue weighted by Crippen LogP contribution is -2.21. The minimum Gasteiger partial charge on any atom is -0.395 e. The summed E-state index contributed by atoms with van der Waals surface area (Å²) in [5.74, 6) is 0. The Labute approximate surface area is 95.1 Å². The van der Waals surface area contributed by atoms with Crippen LogP contribution in [0.5, 0.6) is 0 Å². The van der Waals surface area contributed by atoms with E-state index in [0.29, 0.717) is 5.56 Å². The number of rotatable bonds is 3. The molecule has 0 radical (unpaired) electrons. The number of nitrogens with two attached hydrogens (primary N) is 1. The molecule has 1 aliphatic carbocycles. The molecule has 0 atom stereocenters. The van der Waals surface area contributed by atoms with E-state index >= 15 is 0 Å². The van der Waals surface area contributed by atoms with Crippen molar-refractivity contribution in [3.05, 3.63) is 29.3 Å². The highest BCUT2D eigenvalue weighted by Gasteiger charge is 2.46. The van der Waals surface area contributed by atoms with E-state index in [4.69, 9.17) is 5.14 Å². The molecule has 1 fully saturated rings. The molecule has 16 heavy (non-hydrogen) atoms. The monoisotopic (exact) mass is 241 g/mol. The Bertz CT molecular complexity index is 518. The first-order valence-corrected chi connectivity index (χ1v) is 6.68. The number of aryl methyl sites for hydroxylation is 1. The van der Waals surface area contributed by atoms with Gasteiger partial charge in [-0.05, 0) is 31.4 Å². The van der Waals surface area contributed by atoms with Crippen LogP contribution in [-0.4, -0.2) is 20.1 Å². The summed E-state index contributed by atoms with van der Waals surface area (Å²) in [6, 6.07) is 5.05. The quantitative estimate of drug-likeness (QED) is 0.816. The fourth-order valence-corrected chi connectivity index (χ4v) is 2.81. The number of aliphatic hydroxyl groups excluding tert-OH is 1. The molecule has 88 valence electrons. The lowest BCUT2D eigenvalue weighted by atomic mass is 9.95. The van der Waals surface area contributed by atoms with Gasteiger partial charge in [-0.1, -0.05) is 17.7 Å². The van der Waals surface area contributed by atoms with E-state index in [2.05, 4.69) is 0 Å². The summed E-state index contributed by atoms with van der Waals surface area (Å²) >= 11 is 0. The maximum absolute atomic E-state index is 11.5. The first-order chi connectivity index (χ1) is 7.39. The fourth-order valence-electron chi connectivity index (χ4n) is 1.97. The van der Waals surface area contributed by atoms with Crippen molar-refractivity contribution >= 4 is 10.0 Å². The molecule has 0 spiro atoms. The third-order valence-electron chi connectivity index (χ3n) is 3.17. The largest absolute Gasteiger partial charge is 0.395 e. The molecule has 0 aromatic heterocycles. The minimum absolute atomic E-state index is 0.0288. The zero-order valence-corrected chi connectivity index (χ0v) is 9.92. The third kappa shape index (κ3) is 1.86. The molecule has 5 heteroatoms. The molecule has 0 unspecified atom stereocenters. The average Bonchev–Trinajstić information content (AvgIpc) is 2.96. The van der Waals surface area contributed by atoms with Crippen LogP contribution < -0.4 is 5.14 Å². The van der Waals surface area contributed by atoms with Crippen LogP contribution in [0.4, 0.5) is 0 Å². The van der Waals surface area contributed by atoms with Crippen LogP contribution in [0.3, 0.4) is 0 Å². The summed E-state index contributed by atoms with van der Waals surface area (Å²) in [5.41, 5.74) is 1.26. The van der Waals surface area contributed by atoms with E-state index in [1.165, 1.54) is 6.07 Å². The fraction of sp³-hybridized carbons (Fsp3) is 0.455. The maximum atomic E-state index is 11.5. The van der Waals surface area contributed by atoms with Crippen LogP contribution in [0.25, 0.3) is 0 Å². The van der Waals surface area contributed by atoms with E-state index in [9.17, 15) is 13.5 Å². The Morgan fingerprint density at radius 3 is 2.50 bits per heavy atom. The second-order valence-corrected chi connectivity index (χ2v) is 6.01. The van der Waals surface area contributed by atoms with Gasteiger partial charge in [-0.2, -0.15) is 0 Å². The van der Waals surface area contributed by atoms with Crippen LogP contribution in [0.1, 0.15) is 24.0 Å². The summed E-state index contributed by atoms with van der Waals surface area (Å²) < 4.78 is 22.9. The molecule has 1 aromatic rings. The summed E-state index contributed by atoms with van der Waals surface area (Å²) in [4.78, 5) is 0.143. The predicted octanol–water partition coefficient (Wildman–Crippen LogP) is 0.666. The highest BCUT2D eigenvalue weighted by molar-refractivity contribution is 7.89. The zero-order valence-electron chi connectivity index (χ0n) is 9.10. The normalized spacial score (nSPS) is 18.4. The summed E-state index contributed by atoms with van der Waals surface area (Å²) in [5, 5.41) is 14.5. The summed E-state index contributed by atoms with van der Waals surface area (Å²) in [6.45, 7) is 1.86. The molecule has 1 aliphatic rings. The number of sulfonamides is 1. The zero-order chi connectivity index (χ0) is 12.0. The number of hydrogen-bond acceptors (Lipinski definition) is 3. The first-order valence-electron chi connectivity index (χ1n) is 5.14. The lowest BCUT2D eigenvalue weighted by Gasteiger charge is -2.16. The molecular weight excluding hydrogens is 226 g/mol. The molecule has 0 saturated heterocycles. The van der Waals surface area contributed by atoms with Crippen molar-refractivity contribution in [3.63, 3.8) is 0 Å². The van der Waals surface area contributed by atoms with E-state index in [1.54, 1.807) is 6.07 Å². The first kappa shape index (κ1) is 11.6. The van der Waals surface area contributed by atoms with Crippen LogP contribution in [0.15, 0.2) is 23.1 Å². The second kappa shape index (κ2) is 3.55. The van der Waals surface area contributed by atoms with E-state index in [-0.39, 0.29) is 16.9 Å². The number of primary sulfonamides is 1. The topological polar surface area (TPSA) is 80.4 Å². The van der Waals surface area contributed by atoms with Gasteiger partial charge in [0.15, 0.2) is 0 Å². The molecule has 4 nitrogen and oxygen atoms in total. The van der Waals surface area contributed by atoms with Gasteiger partial charge in [0.2, 0.25) is 10.0 Å². The van der Waals surface area contributed by atoms with Crippen molar-refractivity contribution in [2.75, 3.05) is 6.61 Å². The van der Waals surface area contributed by atoms with Crippen molar-refractivity contribution in [1.82, 2.24) is 0 Å². The average molecular weight is 241 g/mol. The molecule has 1 aromatic carbocycles. The Morgan fingerprint density at radius 2 is 2.06 bits per heavy atom. The van der Waals surface area contributed by atoms with Gasteiger partial charge >= 0.3 is 0 Å². The van der Waals surface area contributed by atoms with Crippen molar-refractivity contribution in [1.29, 1.82) is 0 Å². The standard InChI is InChI=1S/C11H15NO3S/c1-8-2-3-10(16(12,14)15)9(6-8)11(7-13)4-5-11/h2-3,6,13H,4-5,7H2,1H3,(H2,12,14,15). The Morgan fingerprint density at radius 1 is 1.44 bits per heavy atom. The highest BCUT2D eigenvalue weighted by atomic mass is 32.2. The van der Waals surface area contributed by atoms with E-state index < -0.39 is 10.0 Å². The molecule has 0 amide bonds. The maximum Gasteiger partial charge on any atom is 0.238 e. The Kier molecular flexibility index (Phi) is 2.57. The number of benzene rings is 1. The molecule has 0 bridgehead atoms. The van der Waals surface area contributed by atoms with Gasteiger partial charge in [0.25, 0.3) is 0 Å². The molecule has 0 aliphatic heterocycles. The predicted molar refractivity (Wildman–Crippen MR) is 60.6 cm³/mol. The van der Waals surface area contributed by atoms with E-state index in [1.807, 2.05) is 13.0 Å². The van der Waals surface area contributed by atoms with Crippen molar-refractivity contribution in [2.24, 2.45) is 5.14 Å². The summed E-state index contributed by atoms with van der Waals surface area (Å²) in [7, 11) is -3.71. The van der Waals surface area contributed by atoms with Crippen molar-refractivity contribution < 1.29 is 13.5 Å². The molecule has 2 rings (SSSR count). The van der Waals surface area contributed by atoms with Gasteiger partial charge in [0.05, 0.1) is 11.5 Å². The number of hydrogen-bond donors (Lipinski definition) is 2. The SMILES string of the molecule is Cc1ccc(S(N)(=O)=O)c(C2(CO)CC2)c1. The van der Waals surface area contributed by atoms with E-state index in [0.717, 1.165) is 18.4 Å². The van der Waals surface area contributed by atoms with Crippen LogP contribution in [0.2, 0.25) is 0 Å². The van der Waals surface area contributed by atoms with Crippen molar-refractivity contribution in [3.8, 4) is 0 Å². The molecular formula is C11H15NO3S.